The van der Waals surface area contributed by atoms with Crippen molar-refractivity contribution in [2.45, 2.75) is 25.3 Å². The van der Waals surface area contributed by atoms with E-state index in [-0.39, 0.29) is 17.0 Å². The SMILES string of the molecule is NC(=O)[C@@H]1CCCCN1C(=O)COC(=O)c1ccccc1NC(=O)c1ccco1. The molecule has 1 saturated heterocycles. The van der Waals surface area contributed by atoms with E-state index in [0.717, 1.165) is 12.8 Å². The second-order valence-electron chi connectivity index (χ2n) is 6.55. The lowest BCUT2D eigenvalue weighted by atomic mass is 10.0. The lowest BCUT2D eigenvalue weighted by Crippen LogP contribution is -2.51. The zero-order chi connectivity index (χ0) is 20.8. The molecule has 0 saturated carbocycles. The van der Waals surface area contributed by atoms with Crippen molar-refractivity contribution in [3.63, 3.8) is 0 Å². The monoisotopic (exact) mass is 399 g/mol. The van der Waals surface area contributed by atoms with Gasteiger partial charge in [0.2, 0.25) is 5.91 Å². The number of primary amides is 1. The number of anilines is 1. The second-order valence-corrected chi connectivity index (χ2v) is 6.55. The molecule has 9 heteroatoms. The number of hydrogen-bond donors (Lipinski definition) is 2. The third-order valence-corrected chi connectivity index (χ3v) is 4.62. The Hall–Kier alpha value is -3.62. The topological polar surface area (TPSA) is 132 Å². The van der Waals surface area contributed by atoms with E-state index in [2.05, 4.69) is 5.32 Å². The quantitative estimate of drug-likeness (QED) is 0.709. The molecule has 1 aliphatic heterocycles. The summed E-state index contributed by atoms with van der Waals surface area (Å²) in [6.07, 6.45) is 3.42. The average Bonchev–Trinajstić information content (AvgIpc) is 3.27. The number of nitrogens with zero attached hydrogens (tertiary/aromatic N) is 1. The fourth-order valence-corrected chi connectivity index (χ4v) is 3.18. The van der Waals surface area contributed by atoms with Gasteiger partial charge in [-0.1, -0.05) is 12.1 Å². The standard InChI is InChI=1S/C20H21N3O6/c21-18(25)15-8-3-4-10-23(15)17(24)12-29-20(27)13-6-1-2-7-14(13)22-19(26)16-9-5-11-28-16/h1-2,5-7,9,11,15H,3-4,8,10,12H2,(H2,21,25)(H,22,26)/t15-/m0/s1. The number of amides is 3. The zero-order valence-electron chi connectivity index (χ0n) is 15.6. The first-order chi connectivity index (χ1) is 14.0. The number of carbonyl (C=O) groups is 4. The molecule has 152 valence electrons. The summed E-state index contributed by atoms with van der Waals surface area (Å²) < 4.78 is 10.2. The normalized spacial score (nSPS) is 16.1. The van der Waals surface area contributed by atoms with Crippen molar-refractivity contribution in [2.24, 2.45) is 5.73 Å². The van der Waals surface area contributed by atoms with Crippen LogP contribution in [0.2, 0.25) is 0 Å². The summed E-state index contributed by atoms with van der Waals surface area (Å²) in [4.78, 5) is 50.0. The highest BCUT2D eigenvalue weighted by Gasteiger charge is 2.31. The summed E-state index contributed by atoms with van der Waals surface area (Å²) in [5.41, 5.74) is 5.67. The molecule has 9 nitrogen and oxygen atoms in total. The zero-order valence-corrected chi connectivity index (χ0v) is 15.6. The van der Waals surface area contributed by atoms with E-state index in [9.17, 15) is 19.2 Å². The highest BCUT2D eigenvalue weighted by atomic mass is 16.5. The molecule has 2 heterocycles. The Labute approximate surface area is 166 Å². The molecule has 1 fully saturated rings. The average molecular weight is 399 g/mol. The summed E-state index contributed by atoms with van der Waals surface area (Å²) in [6.45, 7) is -0.136. The summed E-state index contributed by atoms with van der Waals surface area (Å²) in [6, 6.07) is 8.63. The number of likely N-dealkylation sites (tertiary alicyclic amines) is 1. The van der Waals surface area contributed by atoms with Crippen molar-refractivity contribution in [1.82, 2.24) is 4.90 Å². The summed E-state index contributed by atoms with van der Waals surface area (Å²) in [7, 11) is 0. The third-order valence-electron chi connectivity index (χ3n) is 4.62. The van der Waals surface area contributed by atoms with Crippen LogP contribution in [0.25, 0.3) is 0 Å². The fourth-order valence-electron chi connectivity index (χ4n) is 3.18. The number of ether oxygens (including phenoxy) is 1. The molecule has 1 aliphatic rings. The van der Waals surface area contributed by atoms with Crippen LogP contribution in [0.4, 0.5) is 5.69 Å². The third kappa shape index (κ3) is 4.81. The molecule has 29 heavy (non-hydrogen) atoms. The molecule has 0 radical (unpaired) electrons. The Bertz CT molecular complexity index is 909. The number of para-hydroxylation sites is 1. The van der Waals surface area contributed by atoms with E-state index in [1.54, 1.807) is 18.2 Å². The van der Waals surface area contributed by atoms with E-state index in [1.807, 2.05) is 0 Å². The Morgan fingerprint density at radius 1 is 1.14 bits per heavy atom. The predicted molar refractivity (Wildman–Crippen MR) is 102 cm³/mol. The molecule has 0 unspecified atom stereocenters. The number of rotatable bonds is 6. The van der Waals surface area contributed by atoms with Gasteiger partial charge in [-0.05, 0) is 43.5 Å². The number of nitrogens with two attached hydrogens (primary N) is 1. The molecular weight excluding hydrogens is 378 g/mol. The summed E-state index contributed by atoms with van der Waals surface area (Å²) in [5, 5.41) is 2.58. The van der Waals surface area contributed by atoms with Crippen molar-refractivity contribution < 1.29 is 28.3 Å². The minimum atomic E-state index is -0.777. The van der Waals surface area contributed by atoms with Gasteiger partial charge in [0.25, 0.3) is 11.8 Å². The van der Waals surface area contributed by atoms with E-state index in [0.29, 0.717) is 13.0 Å². The molecule has 3 rings (SSSR count). The largest absolute Gasteiger partial charge is 0.459 e. The van der Waals surface area contributed by atoms with Gasteiger partial charge < -0.3 is 25.1 Å². The maximum atomic E-state index is 12.5. The van der Waals surface area contributed by atoms with Crippen molar-refractivity contribution in [3.05, 3.63) is 54.0 Å². The Morgan fingerprint density at radius 2 is 1.93 bits per heavy atom. The lowest BCUT2D eigenvalue weighted by Gasteiger charge is -2.33. The number of esters is 1. The van der Waals surface area contributed by atoms with Crippen LogP contribution < -0.4 is 11.1 Å². The number of piperidine rings is 1. The highest BCUT2D eigenvalue weighted by molar-refractivity contribution is 6.06. The van der Waals surface area contributed by atoms with E-state index >= 15 is 0 Å². The molecule has 1 aromatic carbocycles. The van der Waals surface area contributed by atoms with Gasteiger partial charge in [0.15, 0.2) is 12.4 Å². The van der Waals surface area contributed by atoms with Crippen LogP contribution in [-0.4, -0.2) is 47.8 Å². The Morgan fingerprint density at radius 3 is 2.66 bits per heavy atom. The first-order valence-electron chi connectivity index (χ1n) is 9.17. The van der Waals surface area contributed by atoms with Crippen LogP contribution in [0.5, 0.6) is 0 Å². The van der Waals surface area contributed by atoms with Crippen LogP contribution in [0.3, 0.4) is 0 Å². The molecule has 1 aromatic heterocycles. The smallest absolute Gasteiger partial charge is 0.340 e. The van der Waals surface area contributed by atoms with Gasteiger partial charge >= 0.3 is 5.97 Å². The predicted octanol–water partition coefficient (Wildman–Crippen LogP) is 1.56. The molecule has 0 aliphatic carbocycles. The van der Waals surface area contributed by atoms with Gasteiger partial charge in [0.05, 0.1) is 17.5 Å². The van der Waals surface area contributed by atoms with Gasteiger partial charge in [-0.3, -0.25) is 14.4 Å². The van der Waals surface area contributed by atoms with Gasteiger partial charge in [-0.25, -0.2) is 4.79 Å². The van der Waals surface area contributed by atoms with Crippen LogP contribution in [0.15, 0.2) is 47.1 Å². The maximum absolute atomic E-state index is 12.5. The van der Waals surface area contributed by atoms with Crippen LogP contribution in [-0.2, 0) is 14.3 Å². The van der Waals surface area contributed by atoms with Crippen molar-refractivity contribution in [3.8, 4) is 0 Å². The number of furan rings is 1. The first kappa shape index (κ1) is 20.1. The van der Waals surface area contributed by atoms with Crippen molar-refractivity contribution in [2.75, 3.05) is 18.5 Å². The van der Waals surface area contributed by atoms with E-state index < -0.39 is 36.3 Å². The van der Waals surface area contributed by atoms with Crippen molar-refractivity contribution >= 4 is 29.4 Å². The number of benzene rings is 1. The number of carbonyl (C=O) groups excluding carboxylic acids is 4. The minimum absolute atomic E-state index is 0.0882. The van der Waals surface area contributed by atoms with E-state index in [1.165, 1.54) is 29.4 Å². The number of hydrogen-bond acceptors (Lipinski definition) is 6. The van der Waals surface area contributed by atoms with E-state index in [4.69, 9.17) is 14.9 Å². The van der Waals surface area contributed by atoms with Crippen LogP contribution in [0, 0.1) is 0 Å². The van der Waals surface area contributed by atoms with Gasteiger partial charge in [-0.15, -0.1) is 0 Å². The summed E-state index contributed by atoms with van der Waals surface area (Å²) >= 11 is 0. The van der Waals surface area contributed by atoms with Crippen LogP contribution >= 0.6 is 0 Å². The molecule has 2 aromatic rings. The maximum Gasteiger partial charge on any atom is 0.340 e. The van der Waals surface area contributed by atoms with Crippen molar-refractivity contribution in [1.29, 1.82) is 0 Å². The molecule has 3 amide bonds. The fraction of sp³-hybridized carbons (Fsp3) is 0.300. The Kier molecular flexibility index (Phi) is 6.28. The second kappa shape index (κ2) is 9.05. The molecule has 0 bridgehead atoms. The molecule has 0 spiro atoms. The summed E-state index contributed by atoms with van der Waals surface area (Å²) in [5.74, 6) is -2.27. The Balaban J connectivity index is 1.64. The molecule has 1 atom stereocenters. The van der Waals surface area contributed by atoms with Crippen LogP contribution in [0.1, 0.15) is 40.2 Å². The van der Waals surface area contributed by atoms with Gasteiger partial charge in [0, 0.05) is 6.54 Å². The highest BCUT2D eigenvalue weighted by Crippen LogP contribution is 2.19. The first-order valence-corrected chi connectivity index (χ1v) is 9.17. The molecular formula is C20H21N3O6. The molecule has 3 N–H and O–H groups in total. The van der Waals surface area contributed by atoms with Gasteiger partial charge in [0.1, 0.15) is 6.04 Å². The number of nitrogens with one attached hydrogen (secondary N) is 1. The lowest BCUT2D eigenvalue weighted by molar-refractivity contribution is -0.143. The van der Waals surface area contributed by atoms with Gasteiger partial charge in [-0.2, -0.15) is 0 Å². The minimum Gasteiger partial charge on any atom is -0.459 e.